The Kier molecular flexibility index (Phi) is 3.67. The van der Waals surface area contributed by atoms with Crippen molar-refractivity contribution in [2.75, 3.05) is 31.4 Å². The lowest BCUT2D eigenvalue weighted by Gasteiger charge is -2.12. The number of rotatable bonds is 3. The summed E-state index contributed by atoms with van der Waals surface area (Å²) in [7, 11) is 0. The predicted molar refractivity (Wildman–Crippen MR) is 56.2 cm³/mol. The van der Waals surface area contributed by atoms with Gasteiger partial charge in [0.05, 0.1) is 12.6 Å². The number of thioether (sulfide) groups is 1. The Morgan fingerprint density at radius 3 is 3.21 bits per heavy atom. The van der Waals surface area contributed by atoms with Crippen molar-refractivity contribution < 1.29 is 9.53 Å². The van der Waals surface area contributed by atoms with Gasteiger partial charge in [-0.2, -0.15) is 0 Å². The van der Waals surface area contributed by atoms with Crippen molar-refractivity contribution in [1.29, 1.82) is 0 Å². The maximum absolute atomic E-state index is 11.6. The van der Waals surface area contributed by atoms with Gasteiger partial charge in [0, 0.05) is 30.7 Å². The molecule has 14 heavy (non-hydrogen) atoms. The summed E-state index contributed by atoms with van der Waals surface area (Å²) in [6.45, 7) is 2.41. The third-order valence-electron chi connectivity index (χ3n) is 2.62. The van der Waals surface area contributed by atoms with Gasteiger partial charge in [-0.3, -0.25) is 10.1 Å². The van der Waals surface area contributed by atoms with E-state index in [4.69, 9.17) is 4.74 Å². The number of carbonyl (C=O) groups excluding carboxylic acids is 1. The normalized spacial score (nSPS) is 32.0. The minimum absolute atomic E-state index is 0.0160. The van der Waals surface area contributed by atoms with Gasteiger partial charge < -0.3 is 10.1 Å². The summed E-state index contributed by atoms with van der Waals surface area (Å²) in [4.78, 5) is 11.6. The van der Waals surface area contributed by atoms with Crippen LogP contribution in [0.3, 0.4) is 0 Å². The molecule has 0 spiro atoms. The maximum Gasteiger partial charge on any atom is 0.238 e. The molecule has 0 aromatic heterocycles. The molecule has 2 aliphatic heterocycles. The summed E-state index contributed by atoms with van der Waals surface area (Å²) < 4.78 is 5.24. The average Bonchev–Trinajstić information content (AvgIpc) is 2.87. The number of ether oxygens (including phenoxy) is 1. The molecule has 5 heteroatoms. The van der Waals surface area contributed by atoms with Crippen LogP contribution < -0.4 is 10.6 Å². The summed E-state index contributed by atoms with van der Waals surface area (Å²) in [6, 6.07) is 0.0160. The molecular weight excluding hydrogens is 200 g/mol. The molecule has 2 N–H and O–H groups in total. The Bertz CT molecular complexity index is 201. The molecule has 2 aliphatic rings. The Balaban J connectivity index is 1.66. The van der Waals surface area contributed by atoms with E-state index in [0.29, 0.717) is 5.92 Å². The fourth-order valence-corrected chi connectivity index (χ4v) is 2.62. The highest BCUT2D eigenvalue weighted by Gasteiger charge is 2.23. The Morgan fingerprint density at radius 1 is 1.64 bits per heavy atom. The van der Waals surface area contributed by atoms with Gasteiger partial charge in [0.1, 0.15) is 0 Å². The van der Waals surface area contributed by atoms with Crippen LogP contribution in [-0.2, 0) is 9.53 Å². The first-order valence-corrected chi connectivity index (χ1v) is 6.18. The lowest BCUT2D eigenvalue weighted by Crippen LogP contribution is -2.43. The second-order valence-corrected chi connectivity index (χ2v) is 4.78. The van der Waals surface area contributed by atoms with E-state index in [-0.39, 0.29) is 11.9 Å². The first-order valence-electron chi connectivity index (χ1n) is 5.03. The standard InChI is InChI=1S/C9H16N2O2S/c12-9(8-5-14-6-11-8)10-3-7-1-2-13-4-7/h7-8,11H,1-6H2,(H,10,12)/t7?,8-/m1/s1. The number of carbonyl (C=O) groups is 1. The topological polar surface area (TPSA) is 50.4 Å². The molecular formula is C9H16N2O2S. The van der Waals surface area contributed by atoms with Gasteiger partial charge in [-0.25, -0.2) is 0 Å². The molecule has 0 aromatic carbocycles. The van der Waals surface area contributed by atoms with Gasteiger partial charge in [-0.15, -0.1) is 11.8 Å². The van der Waals surface area contributed by atoms with Crippen molar-refractivity contribution in [1.82, 2.24) is 10.6 Å². The van der Waals surface area contributed by atoms with Crippen molar-refractivity contribution in [3.05, 3.63) is 0 Å². The molecule has 2 fully saturated rings. The van der Waals surface area contributed by atoms with Crippen molar-refractivity contribution in [2.45, 2.75) is 12.5 Å². The van der Waals surface area contributed by atoms with Crippen molar-refractivity contribution in [3.63, 3.8) is 0 Å². The monoisotopic (exact) mass is 216 g/mol. The van der Waals surface area contributed by atoms with Crippen LogP contribution in [0, 0.1) is 5.92 Å². The first-order chi connectivity index (χ1) is 6.86. The summed E-state index contributed by atoms with van der Waals surface area (Å²) in [5.41, 5.74) is 0. The van der Waals surface area contributed by atoms with Gasteiger partial charge in [0.2, 0.25) is 5.91 Å². The molecule has 2 rings (SSSR count). The van der Waals surface area contributed by atoms with Gasteiger partial charge in [-0.1, -0.05) is 0 Å². The average molecular weight is 216 g/mol. The van der Waals surface area contributed by atoms with E-state index < -0.39 is 0 Å². The van der Waals surface area contributed by atoms with Crippen LogP contribution >= 0.6 is 11.8 Å². The molecule has 2 saturated heterocycles. The molecule has 80 valence electrons. The van der Waals surface area contributed by atoms with Gasteiger partial charge in [0.15, 0.2) is 0 Å². The molecule has 2 atom stereocenters. The first kappa shape index (κ1) is 10.3. The maximum atomic E-state index is 11.6. The van der Waals surface area contributed by atoms with Crippen LogP contribution in [0.4, 0.5) is 0 Å². The second kappa shape index (κ2) is 5.00. The molecule has 0 aromatic rings. The van der Waals surface area contributed by atoms with Crippen molar-refractivity contribution in [2.24, 2.45) is 5.92 Å². The highest BCUT2D eigenvalue weighted by atomic mass is 32.2. The number of hydrogen-bond acceptors (Lipinski definition) is 4. The van der Waals surface area contributed by atoms with Crippen LogP contribution in [0.15, 0.2) is 0 Å². The molecule has 0 radical (unpaired) electrons. The lowest BCUT2D eigenvalue weighted by molar-refractivity contribution is -0.122. The smallest absolute Gasteiger partial charge is 0.238 e. The van der Waals surface area contributed by atoms with Crippen molar-refractivity contribution in [3.8, 4) is 0 Å². The van der Waals surface area contributed by atoms with E-state index in [1.807, 2.05) is 0 Å². The van der Waals surface area contributed by atoms with Gasteiger partial charge in [-0.05, 0) is 6.42 Å². The second-order valence-electron chi connectivity index (χ2n) is 3.75. The summed E-state index contributed by atoms with van der Waals surface area (Å²) >= 11 is 1.77. The van der Waals surface area contributed by atoms with E-state index in [2.05, 4.69) is 10.6 Å². The van der Waals surface area contributed by atoms with E-state index in [1.54, 1.807) is 11.8 Å². The van der Waals surface area contributed by atoms with Gasteiger partial charge >= 0.3 is 0 Å². The zero-order valence-electron chi connectivity index (χ0n) is 8.12. The molecule has 2 heterocycles. The third-order valence-corrected chi connectivity index (χ3v) is 3.56. The van der Waals surface area contributed by atoms with Crippen molar-refractivity contribution >= 4 is 17.7 Å². The lowest BCUT2D eigenvalue weighted by atomic mass is 10.1. The molecule has 1 unspecified atom stereocenters. The van der Waals surface area contributed by atoms with Crippen LogP contribution in [0.2, 0.25) is 0 Å². The summed E-state index contributed by atoms with van der Waals surface area (Å²) in [5, 5.41) is 6.12. The quantitative estimate of drug-likeness (QED) is 0.686. The number of hydrogen-bond donors (Lipinski definition) is 2. The minimum atomic E-state index is 0.0160. The number of nitrogens with one attached hydrogen (secondary N) is 2. The summed E-state index contributed by atoms with van der Waals surface area (Å²) in [6.07, 6.45) is 1.08. The molecule has 0 bridgehead atoms. The highest BCUT2D eigenvalue weighted by molar-refractivity contribution is 7.99. The predicted octanol–water partition coefficient (Wildman–Crippen LogP) is -0.198. The fraction of sp³-hybridized carbons (Fsp3) is 0.889. The van der Waals surface area contributed by atoms with E-state index in [1.165, 1.54) is 0 Å². The van der Waals surface area contributed by atoms with Crippen LogP contribution in [0.5, 0.6) is 0 Å². The molecule has 0 saturated carbocycles. The largest absolute Gasteiger partial charge is 0.381 e. The van der Waals surface area contributed by atoms with E-state index in [0.717, 1.165) is 37.8 Å². The third kappa shape index (κ3) is 2.62. The minimum Gasteiger partial charge on any atom is -0.381 e. The van der Waals surface area contributed by atoms with Gasteiger partial charge in [0.25, 0.3) is 0 Å². The Morgan fingerprint density at radius 2 is 2.57 bits per heavy atom. The zero-order chi connectivity index (χ0) is 9.80. The van der Waals surface area contributed by atoms with Crippen LogP contribution in [-0.4, -0.2) is 43.3 Å². The molecule has 1 amide bonds. The zero-order valence-corrected chi connectivity index (χ0v) is 8.94. The Labute approximate surface area is 88.1 Å². The van der Waals surface area contributed by atoms with Crippen LogP contribution in [0.1, 0.15) is 6.42 Å². The van der Waals surface area contributed by atoms with E-state index >= 15 is 0 Å². The molecule has 4 nitrogen and oxygen atoms in total. The van der Waals surface area contributed by atoms with E-state index in [9.17, 15) is 4.79 Å². The Hall–Kier alpha value is -0.260. The van der Waals surface area contributed by atoms with Crippen LogP contribution in [0.25, 0.3) is 0 Å². The fourth-order valence-electron chi connectivity index (χ4n) is 1.68. The highest BCUT2D eigenvalue weighted by Crippen LogP contribution is 2.12. The number of amides is 1. The molecule has 0 aliphatic carbocycles. The SMILES string of the molecule is O=C(NCC1CCOC1)[C@H]1CSCN1. The summed E-state index contributed by atoms with van der Waals surface area (Å²) in [5.74, 6) is 2.45.